The van der Waals surface area contributed by atoms with Crippen molar-refractivity contribution >= 4 is 16.9 Å². The zero-order chi connectivity index (χ0) is 16.4. The zero-order valence-corrected chi connectivity index (χ0v) is 13.6. The molecule has 23 heavy (non-hydrogen) atoms. The highest BCUT2D eigenvalue weighted by molar-refractivity contribution is 5.74. The van der Waals surface area contributed by atoms with Crippen molar-refractivity contribution in [3.05, 3.63) is 40.3 Å². The Kier molecular flexibility index (Phi) is 4.43. The molecule has 6 heteroatoms. The molecule has 3 rings (SSSR count). The molecule has 2 heterocycles. The van der Waals surface area contributed by atoms with Crippen LogP contribution in [0.5, 0.6) is 0 Å². The van der Waals surface area contributed by atoms with Gasteiger partial charge in [0, 0.05) is 33.1 Å². The lowest BCUT2D eigenvalue weighted by Crippen LogP contribution is -2.47. The number of hydrogen-bond acceptors (Lipinski definition) is 4. The molecule has 122 valence electrons. The lowest BCUT2D eigenvalue weighted by Gasteiger charge is -2.32. The van der Waals surface area contributed by atoms with Gasteiger partial charge < -0.3 is 9.88 Å². The summed E-state index contributed by atoms with van der Waals surface area (Å²) in [6.45, 7) is 3.75. The molecule has 1 amide bonds. The molecular weight excluding hydrogens is 292 g/mol. The van der Waals surface area contributed by atoms with Crippen LogP contribution in [0.2, 0.25) is 0 Å². The molecule has 0 radical (unpaired) electrons. The van der Waals surface area contributed by atoms with Crippen LogP contribution in [-0.2, 0) is 18.4 Å². The summed E-state index contributed by atoms with van der Waals surface area (Å²) in [7, 11) is 1.78. The highest BCUT2D eigenvalue weighted by atomic mass is 16.1. The first-order valence-electron chi connectivity index (χ1n) is 7.98. The van der Waals surface area contributed by atoms with Gasteiger partial charge in [0.25, 0.3) is 5.56 Å². The van der Waals surface area contributed by atoms with Crippen LogP contribution < -0.4 is 10.9 Å². The number of aromatic nitrogens is 2. The van der Waals surface area contributed by atoms with Crippen LogP contribution >= 0.6 is 0 Å². The van der Waals surface area contributed by atoms with E-state index in [1.165, 1.54) is 0 Å². The first kappa shape index (κ1) is 15.7. The van der Waals surface area contributed by atoms with E-state index in [9.17, 15) is 9.59 Å². The van der Waals surface area contributed by atoms with Gasteiger partial charge in [0.05, 0.1) is 11.0 Å². The van der Waals surface area contributed by atoms with Gasteiger partial charge in [0.1, 0.15) is 5.69 Å². The summed E-state index contributed by atoms with van der Waals surface area (Å²) in [4.78, 5) is 30.5. The van der Waals surface area contributed by atoms with E-state index in [2.05, 4.69) is 15.2 Å². The molecule has 1 aromatic heterocycles. The molecule has 0 bridgehead atoms. The van der Waals surface area contributed by atoms with Gasteiger partial charge in [-0.05, 0) is 31.5 Å². The molecule has 1 aliphatic rings. The van der Waals surface area contributed by atoms with E-state index in [1.54, 1.807) is 18.5 Å². The zero-order valence-electron chi connectivity index (χ0n) is 13.6. The number of para-hydroxylation sites is 2. The fraction of sp³-hybridized carbons (Fsp3) is 0.471. The Morgan fingerprint density at radius 1 is 1.39 bits per heavy atom. The van der Waals surface area contributed by atoms with Crippen molar-refractivity contribution in [1.29, 1.82) is 0 Å². The van der Waals surface area contributed by atoms with Crippen molar-refractivity contribution in [3.63, 3.8) is 0 Å². The highest BCUT2D eigenvalue weighted by Gasteiger charge is 2.22. The number of piperidine rings is 1. The summed E-state index contributed by atoms with van der Waals surface area (Å²) in [5.74, 6) is -0.00315. The second-order valence-electron chi connectivity index (χ2n) is 6.19. The van der Waals surface area contributed by atoms with E-state index in [0.29, 0.717) is 12.2 Å². The van der Waals surface area contributed by atoms with Gasteiger partial charge in [-0.15, -0.1) is 0 Å². The average Bonchev–Trinajstić information content (AvgIpc) is 2.52. The van der Waals surface area contributed by atoms with E-state index >= 15 is 0 Å². The molecule has 1 aromatic carbocycles. The Bertz CT molecular complexity index is 784. The van der Waals surface area contributed by atoms with Gasteiger partial charge in [-0.3, -0.25) is 14.5 Å². The molecule has 1 aliphatic heterocycles. The summed E-state index contributed by atoms with van der Waals surface area (Å²) in [6, 6.07) is 7.82. The maximum absolute atomic E-state index is 12.5. The Morgan fingerprint density at radius 2 is 2.17 bits per heavy atom. The predicted molar refractivity (Wildman–Crippen MR) is 89.1 cm³/mol. The van der Waals surface area contributed by atoms with Crippen LogP contribution in [0.3, 0.4) is 0 Å². The van der Waals surface area contributed by atoms with Gasteiger partial charge in [0.2, 0.25) is 5.91 Å². The summed E-state index contributed by atoms with van der Waals surface area (Å²) in [5.41, 5.74) is 2.19. The van der Waals surface area contributed by atoms with Crippen molar-refractivity contribution in [2.24, 2.45) is 7.05 Å². The van der Waals surface area contributed by atoms with Gasteiger partial charge in [-0.1, -0.05) is 12.1 Å². The number of likely N-dealkylation sites (tertiary alicyclic amines) is 1. The van der Waals surface area contributed by atoms with Gasteiger partial charge in [0.15, 0.2) is 0 Å². The number of carbonyl (C=O) groups is 1. The summed E-state index contributed by atoms with van der Waals surface area (Å²) in [6.07, 6.45) is 2.00. The van der Waals surface area contributed by atoms with Crippen LogP contribution in [-0.4, -0.2) is 39.5 Å². The molecule has 0 aliphatic carbocycles. The summed E-state index contributed by atoms with van der Waals surface area (Å²) >= 11 is 0. The normalized spacial score (nSPS) is 19.0. The van der Waals surface area contributed by atoms with E-state index in [1.807, 2.05) is 24.3 Å². The first-order chi connectivity index (χ1) is 11.0. The predicted octanol–water partition coefficient (Wildman–Crippen LogP) is 1.03. The minimum atomic E-state index is -0.0506. The fourth-order valence-corrected chi connectivity index (χ4v) is 3.26. The van der Waals surface area contributed by atoms with Crippen molar-refractivity contribution in [1.82, 2.24) is 19.8 Å². The Labute approximate surface area is 135 Å². The quantitative estimate of drug-likeness (QED) is 0.919. The average molecular weight is 314 g/mol. The smallest absolute Gasteiger partial charge is 0.273 e. The number of fused-ring (bicyclic) bond motifs is 1. The molecule has 1 saturated heterocycles. The Balaban J connectivity index is 1.82. The molecular formula is C17H22N4O2. The third-order valence-electron chi connectivity index (χ3n) is 4.34. The minimum Gasteiger partial charge on any atom is -0.352 e. The molecule has 0 saturated carbocycles. The molecule has 0 spiro atoms. The Morgan fingerprint density at radius 3 is 2.96 bits per heavy atom. The van der Waals surface area contributed by atoms with E-state index < -0.39 is 0 Å². The number of hydrogen-bond donors (Lipinski definition) is 1. The molecule has 6 nitrogen and oxygen atoms in total. The van der Waals surface area contributed by atoms with Crippen molar-refractivity contribution in [3.8, 4) is 0 Å². The summed E-state index contributed by atoms with van der Waals surface area (Å²) in [5, 5.41) is 2.97. The first-order valence-corrected chi connectivity index (χ1v) is 7.98. The van der Waals surface area contributed by atoms with Gasteiger partial charge >= 0.3 is 0 Å². The van der Waals surface area contributed by atoms with E-state index in [-0.39, 0.29) is 17.5 Å². The fourth-order valence-electron chi connectivity index (χ4n) is 3.26. The SMILES string of the molecule is CC(=O)N[C@H]1CCCN(Cc2nc3ccccc3n(C)c2=O)C1. The number of amides is 1. The van der Waals surface area contributed by atoms with Crippen LogP contribution in [0.4, 0.5) is 0 Å². The van der Waals surface area contributed by atoms with Crippen LogP contribution in [0.15, 0.2) is 29.1 Å². The van der Waals surface area contributed by atoms with Crippen LogP contribution in [0.1, 0.15) is 25.5 Å². The number of nitrogens with zero attached hydrogens (tertiary/aromatic N) is 3. The second-order valence-corrected chi connectivity index (χ2v) is 6.19. The van der Waals surface area contributed by atoms with Crippen molar-refractivity contribution < 1.29 is 4.79 Å². The largest absolute Gasteiger partial charge is 0.352 e. The van der Waals surface area contributed by atoms with Gasteiger partial charge in [-0.2, -0.15) is 0 Å². The second kappa shape index (κ2) is 6.50. The standard InChI is InChI=1S/C17H22N4O2/c1-12(22)18-13-6-5-9-21(10-13)11-15-17(23)20(2)16-8-4-3-7-14(16)19-15/h3-4,7-8,13H,5-6,9-11H2,1-2H3,(H,18,22)/t13-/m0/s1. The van der Waals surface area contributed by atoms with Crippen LogP contribution in [0, 0.1) is 0 Å². The molecule has 2 aromatic rings. The number of aryl methyl sites for hydroxylation is 1. The molecule has 1 fully saturated rings. The third kappa shape index (κ3) is 3.42. The van der Waals surface area contributed by atoms with Crippen molar-refractivity contribution in [2.75, 3.05) is 13.1 Å². The number of carbonyl (C=O) groups excluding carboxylic acids is 1. The maximum atomic E-state index is 12.5. The lowest BCUT2D eigenvalue weighted by molar-refractivity contribution is -0.120. The minimum absolute atomic E-state index is 0.00315. The van der Waals surface area contributed by atoms with Gasteiger partial charge in [-0.25, -0.2) is 4.98 Å². The van der Waals surface area contributed by atoms with Crippen molar-refractivity contribution in [2.45, 2.75) is 32.4 Å². The topological polar surface area (TPSA) is 67.2 Å². The monoisotopic (exact) mass is 314 g/mol. The molecule has 1 atom stereocenters. The number of nitrogens with one attached hydrogen (secondary N) is 1. The lowest BCUT2D eigenvalue weighted by atomic mass is 10.1. The third-order valence-corrected chi connectivity index (χ3v) is 4.34. The van der Waals surface area contributed by atoms with Crippen LogP contribution in [0.25, 0.3) is 11.0 Å². The number of rotatable bonds is 3. The summed E-state index contributed by atoms with van der Waals surface area (Å²) < 4.78 is 1.66. The van der Waals surface area contributed by atoms with E-state index in [0.717, 1.165) is 37.0 Å². The molecule has 0 unspecified atom stereocenters. The Hall–Kier alpha value is -2.21. The highest BCUT2D eigenvalue weighted by Crippen LogP contribution is 2.14. The number of benzene rings is 1. The van der Waals surface area contributed by atoms with E-state index in [4.69, 9.17) is 0 Å². The maximum Gasteiger partial charge on any atom is 0.273 e. The molecule has 1 N–H and O–H groups in total.